The second-order valence-electron chi connectivity index (χ2n) is 4.01. The van der Waals surface area contributed by atoms with Gasteiger partial charge in [-0.05, 0) is 12.8 Å². The molecule has 6 nitrogen and oxygen atoms in total. The molecule has 2 unspecified atom stereocenters. The van der Waals surface area contributed by atoms with Crippen molar-refractivity contribution in [2.45, 2.75) is 38.1 Å². The molecule has 16 heavy (non-hydrogen) atoms. The van der Waals surface area contributed by atoms with Crippen LogP contribution in [0.2, 0.25) is 0 Å². The van der Waals surface area contributed by atoms with Crippen molar-refractivity contribution in [3.8, 4) is 0 Å². The van der Waals surface area contributed by atoms with Crippen molar-refractivity contribution in [3.63, 3.8) is 0 Å². The number of aliphatic carboxylic acids is 1. The molecule has 0 aliphatic heterocycles. The number of rotatable bonds is 4. The minimum Gasteiger partial charge on any atom is -0.481 e. The molecule has 0 aromatic rings. The maximum absolute atomic E-state index is 11.3. The molecule has 7 heteroatoms. The lowest BCUT2D eigenvalue weighted by Gasteiger charge is -2.22. The molecule has 2 atom stereocenters. The Morgan fingerprint density at radius 3 is 2.44 bits per heavy atom. The lowest BCUT2D eigenvalue weighted by Crippen LogP contribution is -2.46. The highest BCUT2D eigenvalue weighted by Gasteiger charge is 2.31. The quantitative estimate of drug-likeness (QED) is 0.615. The first kappa shape index (κ1) is 13.4. The van der Waals surface area contributed by atoms with Crippen molar-refractivity contribution in [2.75, 3.05) is 7.05 Å². The fraction of sp³-hybridized carbons (Fsp3) is 0.889. The van der Waals surface area contributed by atoms with Crippen LogP contribution in [0.1, 0.15) is 32.1 Å². The van der Waals surface area contributed by atoms with Crippen molar-refractivity contribution < 1.29 is 18.3 Å². The zero-order chi connectivity index (χ0) is 12.2. The fourth-order valence-corrected chi connectivity index (χ4v) is 2.80. The molecule has 1 aliphatic rings. The first-order valence-electron chi connectivity index (χ1n) is 5.40. The number of nitrogens with one attached hydrogen (secondary N) is 2. The maximum atomic E-state index is 11.3. The molecule has 1 aliphatic carbocycles. The Morgan fingerprint density at radius 2 is 1.88 bits per heavy atom. The monoisotopic (exact) mass is 250 g/mol. The van der Waals surface area contributed by atoms with Gasteiger partial charge in [0.15, 0.2) is 0 Å². The van der Waals surface area contributed by atoms with E-state index in [1.807, 2.05) is 0 Å². The van der Waals surface area contributed by atoms with Crippen molar-refractivity contribution in [1.29, 1.82) is 0 Å². The van der Waals surface area contributed by atoms with Crippen LogP contribution in [0.25, 0.3) is 0 Å². The molecule has 1 fully saturated rings. The van der Waals surface area contributed by atoms with E-state index in [1.165, 1.54) is 7.05 Å². The van der Waals surface area contributed by atoms with Crippen LogP contribution in [0.3, 0.4) is 0 Å². The van der Waals surface area contributed by atoms with Crippen LogP contribution in [-0.4, -0.2) is 32.6 Å². The van der Waals surface area contributed by atoms with Gasteiger partial charge in [0.2, 0.25) is 0 Å². The van der Waals surface area contributed by atoms with E-state index >= 15 is 0 Å². The topological polar surface area (TPSA) is 95.5 Å². The van der Waals surface area contributed by atoms with Crippen LogP contribution in [-0.2, 0) is 15.0 Å². The molecule has 0 aromatic heterocycles. The molecule has 0 bridgehead atoms. The normalized spacial score (nSPS) is 27.3. The molecule has 0 spiro atoms. The summed E-state index contributed by atoms with van der Waals surface area (Å²) in [6.07, 6.45) is 3.78. The molecule has 0 aromatic carbocycles. The van der Waals surface area contributed by atoms with E-state index in [1.54, 1.807) is 0 Å². The highest BCUT2D eigenvalue weighted by Crippen LogP contribution is 2.24. The summed E-state index contributed by atoms with van der Waals surface area (Å²) in [6, 6.07) is -0.502. The summed E-state index contributed by atoms with van der Waals surface area (Å²) in [5, 5.41) is 9.05. The van der Waals surface area contributed by atoms with Gasteiger partial charge in [-0.15, -0.1) is 0 Å². The van der Waals surface area contributed by atoms with Gasteiger partial charge in [-0.25, -0.2) is 4.72 Å². The van der Waals surface area contributed by atoms with Gasteiger partial charge < -0.3 is 5.11 Å². The average Bonchev–Trinajstić information content (AvgIpc) is 2.42. The lowest BCUT2D eigenvalue weighted by atomic mass is 9.96. The molecule has 0 heterocycles. The van der Waals surface area contributed by atoms with E-state index < -0.39 is 28.1 Å². The van der Waals surface area contributed by atoms with E-state index in [-0.39, 0.29) is 0 Å². The predicted molar refractivity (Wildman–Crippen MR) is 59.1 cm³/mol. The lowest BCUT2D eigenvalue weighted by molar-refractivity contribution is -0.142. The van der Waals surface area contributed by atoms with Crippen LogP contribution < -0.4 is 9.44 Å². The number of hydrogen-bond acceptors (Lipinski definition) is 3. The fourth-order valence-electron chi connectivity index (χ4n) is 2.00. The van der Waals surface area contributed by atoms with Gasteiger partial charge in [0.25, 0.3) is 10.2 Å². The third-order valence-electron chi connectivity index (χ3n) is 2.91. The summed E-state index contributed by atoms with van der Waals surface area (Å²) in [5.74, 6) is -1.55. The highest BCUT2D eigenvalue weighted by atomic mass is 32.2. The summed E-state index contributed by atoms with van der Waals surface area (Å²) in [5.41, 5.74) is 0. The third-order valence-corrected chi connectivity index (χ3v) is 4.06. The standard InChI is InChI=1S/C9H18N2O4S/c1-10-16(14,15)11-8-6-4-2-3-5-7(8)9(12)13/h7-8,10-11H,2-6H2,1H3,(H,12,13). The zero-order valence-electron chi connectivity index (χ0n) is 9.27. The Balaban J connectivity index is 2.76. The Bertz CT molecular complexity index is 341. The predicted octanol–water partition coefficient (Wildman–Crippen LogP) is 0.0737. The molecule has 3 N–H and O–H groups in total. The van der Waals surface area contributed by atoms with Crippen molar-refractivity contribution in [1.82, 2.24) is 9.44 Å². The van der Waals surface area contributed by atoms with Crippen molar-refractivity contribution in [2.24, 2.45) is 5.92 Å². The van der Waals surface area contributed by atoms with Gasteiger partial charge >= 0.3 is 5.97 Å². The van der Waals surface area contributed by atoms with Gasteiger partial charge in [0.1, 0.15) is 0 Å². The first-order chi connectivity index (χ1) is 7.46. The molecule has 94 valence electrons. The van der Waals surface area contributed by atoms with E-state index in [9.17, 15) is 13.2 Å². The summed E-state index contributed by atoms with van der Waals surface area (Å²) in [4.78, 5) is 11.0. The smallest absolute Gasteiger partial charge is 0.308 e. The van der Waals surface area contributed by atoms with Gasteiger partial charge in [-0.3, -0.25) is 4.79 Å². The molecule has 0 saturated heterocycles. The highest BCUT2D eigenvalue weighted by molar-refractivity contribution is 7.87. The van der Waals surface area contributed by atoms with Crippen LogP contribution in [0, 0.1) is 5.92 Å². The molecular formula is C9H18N2O4S. The largest absolute Gasteiger partial charge is 0.481 e. The van der Waals surface area contributed by atoms with Crippen LogP contribution in [0.15, 0.2) is 0 Å². The van der Waals surface area contributed by atoms with E-state index in [0.29, 0.717) is 12.8 Å². The third kappa shape index (κ3) is 3.73. The van der Waals surface area contributed by atoms with Crippen LogP contribution in [0.5, 0.6) is 0 Å². The second-order valence-corrected chi connectivity index (χ2v) is 5.67. The molecule has 0 amide bonds. The van der Waals surface area contributed by atoms with Gasteiger partial charge in [-0.2, -0.15) is 13.1 Å². The Morgan fingerprint density at radius 1 is 1.25 bits per heavy atom. The minimum atomic E-state index is -3.57. The Hall–Kier alpha value is -0.660. The SMILES string of the molecule is CNS(=O)(=O)NC1CCCCCC1C(=O)O. The molecule has 1 rings (SSSR count). The van der Waals surface area contributed by atoms with Crippen molar-refractivity contribution in [3.05, 3.63) is 0 Å². The average molecular weight is 250 g/mol. The van der Waals surface area contributed by atoms with Crippen molar-refractivity contribution >= 4 is 16.2 Å². The van der Waals surface area contributed by atoms with E-state index in [2.05, 4.69) is 9.44 Å². The van der Waals surface area contributed by atoms with Gasteiger partial charge in [0.05, 0.1) is 5.92 Å². The summed E-state index contributed by atoms with van der Waals surface area (Å²) >= 11 is 0. The first-order valence-corrected chi connectivity index (χ1v) is 6.88. The second kappa shape index (κ2) is 5.60. The maximum Gasteiger partial charge on any atom is 0.308 e. The van der Waals surface area contributed by atoms with Crippen LogP contribution >= 0.6 is 0 Å². The zero-order valence-corrected chi connectivity index (χ0v) is 10.1. The Labute approximate surface area is 95.6 Å². The van der Waals surface area contributed by atoms with E-state index in [4.69, 9.17) is 5.11 Å². The van der Waals surface area contributed by atoms with Gasteiger partial charge in [-0.1, -0.05) is 19.3 Å². The Kier molecular flexibility index (Phi) is 4.69. The summed E-state index contributed by atoms with van der Waals surface area (Å²) < 4.78 is 27.2. The summed E-state index contributed by atoms with van der Waals surface area (Å²) in [6.45, 7) is 0. The number of hydrogen-bond donors (Lipinski definition) is 3. The summed E-state index contributed by atoms with van der Waals surface area (Å²) in [7, 11) is -2.26. The molecular weight excluding hydrogens is 232 g/mol. The number of carbonyl (C=O) groups is 1. The van der Waals surface area contributed by atoms with Crippen LogP contribution in [0.4, 0.5) is 0 Å². The minimum absolute atomic E-state index is 0.502. The van der Waals surface area contributed by atoms with E-state index in [0.717, 1.165) is 19.3 Å². The van der Waals surface area contributed by atoms with Gasteiger partial charge in [0, 0.05) is 13.1 Å². The molecule has 1 saturated carbocycles. The number of carboxylic acids is 1. The number of carboxylic acid groups (broad SMARTS) is 1. The molecule has 0 radical (unpaired) electrons.